The lowest BCUT2D eigenvalue weighted by molar-refractivity contribution is -0.131. The summed E-state index contributed by atoms with van der Waals surface area (Å²) in [6.07, 6.45) is 6.33. The molecule has 6 nitrogen and oxygen atoms in total. The molecule has 1 aromatic heterocycles. The van der Waals surface area contributed by atoms with Crippen LogP contribution in [0.2, 0.25) is 0 Å². The number of para-hydroxylation sites is 1. The molecule has 3 rings (SSSR count). The van der Waals surface area contributed by atoms with E-state index in [2.05, 4.69) is 14.9 Å². The van der Waals surface area contributed by atoms with Crippen LogP contribution in [0.15, 0.2) is 42.9 Å². The van der Waals surface area contributed by atoms with Gasteiger partial charge in [-0.3, -0.25) is 9.78 Å². The normalized spacial score (nSPS) is 14.5. The van der Waals surface area contributed by atoms with Crippen molar-refractivity contribution >= 4 is 11.7 Å². The lowest BCUT2D eigenvalue weighted by atomic mass is 10.1. The Bertz CT molecular complexity index is 670. The van der Waals surface area contributed by atoms with E-state index in [4.69, 9.17) is 4.74 Å². The van der Waals surface area contributed by atoms with Crippen LogP contribution in [0.4, 0.5) is 5.82 Å². The molecule has 1 aromatic carbocycles. The van der Waals surface area contributed by atoms with Crippen molar-refractivity contribution in [1.29, 1.82) is 0 Å². The van der Waals surface area contributed by atoms with Crippen LogP contribution in [0.3, 0.4) is 0 Å². The first-order valence-electron chi connectivity index (χ1n) is 8.18. The van der Waals surface area contributed by atoms with Gasteiger partial charge in [-0.15, -0.1) is 0 Å². The summed E-state index contributed by atoms with van der Waals surface area (Å²) in [5, 5.41) is 0. The number of amides is 1. The summed E-state index contributed by atoms with van der Waals surface area (Å²) in [5.41, 5.74) is 1.08. The first-order chi connectivity index (χ1) is 11.8. The van der Waals surface area contributed by atoms with Crippen LogP contribution in [0.25, 0.3) is 0 Å². The van der Waals surface area contributed by atoms with Crippen molar-refractivity contribution in [2.24, 2.45) is 0 Å². The van der Waals surface area contributed by atoms with Gasteiger partial charge in [-0.1, -0.05) is 18.2 Å². The lowest BCUT2D eigenvalue weighted by Crippen LogP contribution is -2.49. The number of aryl methyl sites for hydroxylation is 1. The van der Waals surface area contributed by atoms with Crippen LogP contribution in [0.5, 0.6) is 5.75 Å². The van der Waals surface area contributed by atoms with E-state index in [0.717, 1.165) is 43.3 Å². The molecule has 1 aliphatic heterocycles. The minimum atomic E-state index is 0.194. The van der Waals surface area contributed by atoms with Gasteiger partial charge in [-0.25, -0.2) is 4.98 Å². The smallest absolute Gasteiger partial charge is 0.223 e. The Morgan fingerprint density at radius 3 is 2.67 bits per heavy atom. The summed E-state index contributed by atoms with van der Waals surface area (Å²) >= 11 is 0. The molecule has 1 fully saturated rings. The van der Waals surface area contributed by atoms with Gasteiger partial charge in [0.2, 0.25) is 5.91 Å². The Balaban J connectivity index is 1.50. The minimum Gasteiger partial charge on any atom is -0.496 e. The molecule has 126 valence electrons. The molecule has 0 saturated carbocycles. The maximum Gasteiger partial charge on any atom is 0.223 e. The van der Waals surface area contributed by atoms with Crippen LogP contribution < -0.4 is 9.64 Å². The van der Waals surface area contributed by atoms with Crippen molar-refractivity contribution < 1.29 is 9.53 Å². The fourth-order valence-electron chi connectivity index (χ4n) is 2.95. The van der Waals surface area contributed by atoms with Crippen molar-refractivity contribution in [3.05, 3.63) is 48.4 Å². The fourth-order valence-corrected chi connectivity index (χ4v) is 2.95. The van der Waals surface area contributed by atoms with Crippen LogP contribution in [0, 0.1) is 0 Å². The van der Waals surface area contributed by atoms with Gasteiger partial charge in [0, 0.05) is 45.0 Å². The largest absolute Gasteiger partial charge is 0.496 e. The van der Waals surface area contributed by atoms with Gasteiger partial charge in [0.05, 0.1) is 13.3 Å². The van der Waals surface area contributed by atoms with Crippen LogP contribution >= 0.6 is 0 Å². The van der Waals surface area contributed by atoms with Crippen LogP contribution in [-0.4, -0.2) is 54.1 Å². The molecule has 1 aliphatic rings. The van der Waals surface area contributed by atoms with E-state index in [1.165, 1.54) is 0 Å². The van der Waals surface area contributed by atoms with E-state index in [1.54, 1.807) is 25.7 Å². The Labute approximate surface area is 142 Å². The standard InChI is InChI=1S/C18H22N4O2/c1-24-16-5-3-2-4-15(16)6-7-18(23)22-12-10-21(11-13-22)17-14-19-8-9-20-17/h2-5,8-9,14H,6-7,10-13H2,1H3. The van der Waals surface area contributed by atoms with E-state index in [1.807, 2.05) is 29.2 Å². The maximum absolute atomic E-state index is 12.5. The zero-order chi connectivity index (χ0) is 16.8. The highest BCUT2D eigenvalue weighted by Crippen LogP contribution is 2.19. The number of methoxy groups -OCH3 is 1. The molecule has 0 bridgehead atoms. The molecule has 0 aliphatic carbocycles. The van der Waals surface area contributed by atoms with Crippen LogP contribution in [-0.2, 0) is 11.2 Å². The molecule has 2 aromatic rings. The second-order valence-electron chi connectivity index (χ2n) is 5.74. The predicted octanol–water partition coefficient (Wildman–Crippen LogP) is 1.77. The maximum atomic E-state index is 12.5. The van der Waals surface area contributed by atoms with Crippen molar-refractivity contribution in [3.63, 3.8) is 0 Å². The van der Waals surface area contributed by atoms with Gasteiger partial charge < -0.3 is 14.5 Å². The minimum absolute atomic E-state index is 0.194. The number of benzene rings is 1. The third-order valence-electron chi connectivity index (χ3n) is 4.31. The van der Waals surface area contributed by atoms with Gasteiger partial charge in [-0.2, -0.15) is 0 Å². The van der Waals surface area contributed by atoms with Crippen molar-refractivity contribution in [1.82, 2.24) is 14.9 Å². The van der Waals surface area contributed by atoms with Crippen LogP contribution in [0.1, 0.15) is 12.0 Å². The molecule has 2 heterocycles. The highest BCUT2D eigenvalue weighted by atomic mass is 16.5. The van der Waals surface area contributed by atoms with Crippen molar-refractivity contribution in [3.8, 4) is 5.75 Å². The average molecular weight is 326 g/mol. The number of hydrogen-bond donors (Lipinski definition) is 0. The fraction of sp³-hybridized carbons (Fsp3) is 0.389. The summed E-state index contributed by atoms with van der Waals surface area (Å²) in [5.74, 6) is 1.91. The molecule has 0 radical (unpaired) electrons. The summed E-state index contributed by atoms with van der Waals surface area (Å²) in [4.78, 5) is 25.0. The quantitative estimate of drug-likeness (QED) is 0.838. The lowest BCUT2D eigenvalue weighted by Gasteiger charge is -2.35. The summed E-state index contributed by atoms with van der Waals surface area (Å²) < 4.78 is 5.34. The number of carbonyl (C=O) groups excluding carboxylic acids is 1. The van der Waals surface area contributed by atoms with E-state index in [9.17, 15) is 4.79 Å². The molecule has 1 saturated heterocycles. The van der Waals surface area contributed by atoms with Gasteiger partial charge in [0.15, 0.2) is 0 Å². The van der Waals surface area contributed by atoms with E-state index in [-0.39, 0.29) is 5.91 Å². The van der Waals surface area contributed by atoms with E-state index < -0.39 is 0 Å². The number of carbonyl (C=O) groups is 1. The molecular weight excluding hydrogens is 304 g/mol. The number of rotatable bonds is 5. The third kappa shape index (κ3) is 3.82. The third-order valence-corrected chi connectivity index (χ3v) is 4.31. The number of ether oxygens (including phenoxy) is 1. The Morgan fingerprint density at radius 2 is 1.96 bits per heavy atom. The zero-order valence-electron chi connectivity index (χ0n) is 13.9. The van der Waals surface area contributed by atoms with Crippen molar-refractivity contribution in [2.75, 3.05) is 38.2 Å². The SMILES string of the molecule is COc1ccccc1CCC(=O)N1CCN(c2cnccn2)CC1. The van der Waals surface area contributed by atoms with Gasteiger partial charge >= 0.3 is 0 Å². The predicted molar refractivity (Wildman–Crippen MR) is 92.1 cm³/mol. The summed E-state index contributed by atoms with van der Waals surface area (Å²) in [6.45, 7) is 3.03. The molecule has 0 unspecified atom stereocenters. The monoisotopic (exact) mass is 326 g/mol. The number of hydrogen-bond acceptors (Lipinski definition) is 5. The van der Waals surface area contributed by atoms with Gasteiger partial charge in [0.25, 0.3) is 0 Å². The summed E-state index contributed by atoms with van der Waals surface area (Å²) in [7, 11) is 1.66. The molecule has 24 heavy (non-hydrogen) atoms. The molecule has 0 spiro atoms. The molecule has 0 atom stereocenters. The zero-order valence-corrected chi connectivity index (χ0v) is 13.9. The summed E-state index contributed by atoms with van der Waals surface area (Å²) in [6, 6.07) is 7.86. The Morgan fingerprint density at radius 1 is 1.17 bits per heavy atom. The van der Waals surface area contributed by atoms with E-state index in [0.29, 0.717) is 12.8 Å². The second-order valence-corrected chi connectivity index (χ2v) is 5.74. The first-order valence-corrected chi connectivity index (χ1v) is 8.18. The highest BCUT2D eigenvalue weighted by molar-refractivity contribution is 5.77. The van der Waals surface area contributed by atoms with Crippen molar-refractivity contribution in [2.45, 2.75) is 12.8 Å². The molecule has 6 heteroatoms. The first kappa shape index (κ1) is 16.2. The average Bonchev–Trinajstić information content (AvgIpc) is 2.67. The Kier molecular flexibility index (Phi) is 5.25. The number of anilines is 1. The van der Waals surface area contributed by atoms with Gasteiger partial charge in [-0.05, 0) is 18.1 Å². The van der Waals surface area contributed by atoms with E-state index >= 15 is 0 Å². The Hall–Kier alpha value is -2.63. The topological polar surface area (TPSA) is 58.6 Å². The second kappa shape index (κ2) is 7.77. The molecule has 1 amide bonds. The molecular formula is C18H22N4O2. The van der Waals surface area contributed by atoms with Gasteiger partial charge in [0.1, 0.15) is 11.6 Å². The number of aromatic nitrogens is 2. The number of piperazine rings is 1. The highest BCUT2D eigenvalue weighted by Gasteiger charge is 2.21. The molecule has 0 N–H and O–H groups in total. The number of nitrogens with zero attached hydrogens (tertiary/aromatic N) is 4.